The first-order valence-corrected chi connectivity index (χ1v) is 30.9. The summed E-state index contributed by atoms with van der Waals surface area (Å²) < 4.78 is 11.9. The average molecular weight is 2190 g/mol. The van der Waals surface area contributed by atoms with Crippen molar-refractivity contribution in [3.05, 3.63) is 359 Å². The van der Waals surface area contributed by atoms with Gasteiger partial charge >= 0.3 is 0 Å². The number of aryl methyl sites for hydroxylation is 4. The van der Waals surface area contributed by atoms with E-state index in [-0.39, 0.29) is 101 Å². The van der Waals surface area contributed by atoms with Crippen LogP contribution in [0.5, 0.6) is 0 Å². The van der Waals surface area contributed by atoms with E-state index >= 15 is 0 Å². The minimum Gasteiger partial charge on any atom is -0.373 e. The maximum Gasteiger partial charge on any atom is 0.0768 e. The molecule has 0 saturated carbocycles. The van der Waals surface area contributed by atoms with Crippen LogP contribution >= 0.6 is 0 Å². The van der Waals surface area contributed by atoms with Gasteiger partial charge in [-0.1, -0.05) is 144 Å². The van der Waals surface area contributed by atoms with Crippen LogP contribution in [0.25, 0.3) is 107 Å². The van der Waals surface area contributed by atoms with Gasteiger partial charge in [-0.2, -0.15) is 29.4 Å². The molecule has 12 nitrogen and oxygen atoms in total. The monoisotopic (exact) mass is 2200 g/mol. The molecule has 0 aliphatic rings. The van der Waals surface area contributed by atoms with Gasteiger partial charge in [-0.25, -0.2) is 0 Å². The van der Waals surface area contributed by atoms with Gasteiger partial charge in [0.15, 0.2) is 0 Å². The number of hydrogen-bond acceptors (Lipinski definition) is 6. The molecule has 16 rings (SSSR count). The minimum absolute atomic E-state index is 0. The molecule has 16 aromatic rings. The van der Waals surface area contributed by atoms with Gasteiger partial charge < -0.3 is 22.8 Å². The fraction of sp³-hybridized carbons (Fsp3) is 0.0602. The van der Waals surface area contributed by atoms with E-state index in [1.807, 2.05) is 285 Å². The average Bonchev–Trinajstić information content (AvgIpc) is 1.67. The number of aromatic nitrogens is 12. The molecular weight excluding hydrogens is 2130 g/mol. The predicted octanol–water partition coefficient (Wildman–Crippen LogP) is 17.8. The summed E-state index contributed by atoms with van der Waals surface area (Å²) in [5.74, 6) is 4.71. The van der Waals surface area contributed by atoms with Crippen LogP contribution in [0.1, 0.15) is 0 Å². The molecule has 0 N–H and O–H groups in total. The van der Waals surface area contributed by atoms with Crippen LogP contribution < -0.4 is 0 Å². The first kappa shape index (κ1) is 79.7. The van der Waals surface area contributed by atoms with E-state index in [9.17, 15) is 0 Å². The second-order valence-corrected chi connectivity index (χ2v) is 21.6. The summed E-state index contributed by atoms with van der Waals surface area (Å²) in [6.07, 6.45) is 18.8. The number of para-hydroxylation sites is 1. The Balaban J connectivity index is 0.000000189. The number of hydrogen-bond donors (Lipinski definition) is 0. The molecule has 17 heteroatoms. The van der Waals surface area contributed by atoms with Crippen molar-refractivity contribution in [1.29, 1.82) is 0 Å². The van der Waals surface area contributed by atoms with E-state index in [1.54, 1.807) is 29.5 Å². The zero-order valence-electron chi connectivity index (χ0n) is 55.1. The normalized spacial score (nSPS) is 9.85. The van der Waals surface area contributed by atoms with Crippen LogP contribution in [-0.2, 0) is 136 Å². The second kappa shape index (κ2) is 41.3. The summed E-state index contributed by atoms with van der Waals surface area (Å²) in [6.45, 7) is 0. The van der Waals surface area contributed by atoms with Crippen molar-refractivity contribution in [3.8, 4) is 107 Å². The number of benzene rings is 10. The Morgan fingerprint density at radius 1 is 0.300 bits per heavy atom. The molecule has 6 aromatic heterocycles. The van der Waals surface area contributed by atoms with Crippen molar-refractivity contribution in [2.45, 2.75) is 0 Å². The summed E-state index contributed by atoms with van der Waals surface area (Å²) in [4.78, 5) is 22.1. The summed E-state index contributed by atoms with van der Waals surface area (Å²) in [7, 11) is 10.00. The van der Waals surface area contributed by atoms with Gasteiger partial charge in [0.05, 0.1) is 40.5 Å². The standard InChI is InChI=1S/4C16H13N2.C10H9N2.C9H7N2.5Ir/c1-18-12-15(13-8-4-2-5-9-13)17-16(18)14-10-6-3-7-11-14;1-18-15(13-8-4-2-5-9-13)12-17-16(18)14-10-6-3-7-11-14;1-18-11-10-17-16(18)15-9-5-8-14(12-15)13-6-3-2-4-7-13;1-18-12-11-17-16(18)15-9-7-14(8-10-15)13-5-3-2-4-6-13;1-12-8-7-11-10(12)9-5-3-2-4-6-9;1-2-5-9(6-3-1)11-8-4-7-10-11;;;;;/h2*2-10,12H,1H3;2-11H,1H3;2-9,11-12H,1H3;2-5,7-8H,1H3;1-5,7-8H;;;;;/q6*-1;;;;;. The van der Waals surface area contributed by atoms with Crippen molar-refractivity contribution < 1.29 is 101 Å². The summed E-state index contributed by atoms with van der Waals surface area (Å²) in [6, 6.07) is 106. The summed E-state index contributed by atoms with van der Waals surface area (Å²) in [5.41, 5.74) is 15.1. The summed E-state index contributed by atoms with van der Waals surface area (Å²) >= 11 is 0. The molecule has 511 valence electrons. The van der Waals surface area contributed by atoms with Gasteiger partial charge in [0.1, 0.15) is 0 Å². The molecule has 0 fully saturated rings. The molecular formula is C83H68Ir5N12-6. The molecule has 5 radical (unpaired) electrons. The molecule has 0 aliphatic carbocycles. The van der Waals surface area contributed by atoms with Crippen LogP contribution in [0.4, 0.5) is 0 Å². The van der Waals surface area contributed by atoms with Crippen LogP contribution in [0.15, 0.2) is 323 Å². The van der Waals surface area contributed by atoms with E-state index in [2.05, 4.69) is 138 Å². The van der Waals surface area contributed by atoms with E-state index in [1.165, 1.54) is 22.3 Å². The predicted molar refractivity (Wildman–Crippen MR) is 382 cm³/mol. The molecule has 0 atom stereocenters. The van der Waals surface area contributed by atoms with Gasteiger partial charge in [0.2, 0.25) is 0 Å². The van der Waals surface area contributed by atoms with Crippen LogP contribution in [0.3, 0.4) is 0 Å². The van der Waals surface area contributed by atoms with Crippen LogP contribution in [0, 0.1) is 36.4 Å². The van der Waals surface area contributed by atoms with Gasteiger partial charge in [0.25, 0.3) is 0 Å². The molecule has 0 spiro atoms. The SMILES string of the molecule is Cn1c(-c2ccccc2)cnc1-c1[c-]cccc1.Cn1cc(-c2ccccc2)nc1-c1[c-]cccc1.Cn1ccnc1-c1[c-]c(-c2ccccc2)ccc1.Cn1ccnc1-c1[c-]cc(-c2ccccc2)cc1.Cn1ccnc1-c1[c-]cccc1.[Ir].[Ir].[Ir].[Ir].[Ir].[c-]1ccccc1-n1cccn1. The first-order valence-electron chi connectivity index (χ1n) is 30.9. The van der Waals surface area contributed by atoms with E-state index in [4.69, 9.17) is 0 Å². The van der Waals surface area contributed by atoms with Crippen molar-refractivity contribution in [3.63, 3.8) is 0 Å². The largest absolute Gasteiger partial charge is 0.373 e. The van der Waals surface area contributed by atoms with Crippen LogP contribution in [-0.4, -0.2) is 57.5 Å². The van der Waals surface area contributed by atoms with Gasteiger partial charge in [-0.15, -0.1) is 173 Å². The van der Waals surface area contributed by atoms with Crippen LogP contribution in [0.2, 0.25) is 0 Å². The smallest absolute Gasteiger partial charge is 0.0768 e. The summed E-state index contributed by atoms with van der Waals surface area (Å²) in [5, 5.41) is 4.07. The van der Waals surface area contributed by atoms with E-state index in [0.717, 1.165) is 85.1 Å². The number of nitrogens with zero attached hydrogens (tertiary/aromatic N) is 12. The second-order valence-electron chi connectivity index (χ2n) is 21.6. The fourth-order valence-electron chi connectivity index (χ4n) is 10.2. The van der Waals surface area contributed by atoms with E-state index in [0.29, 0.717) is 0 Å². The molecule has 0 bridgehead atoms. The molecule has 10 aromatic carbocycles. The number of imidazole rings is 5. The minimum atomic E-state index is 0. The Kier molecular flexibility index (Phi) is 32.9. The zero-order chi connectivity index (χ0) is 65.4. The number of rotatable bonds is 10. The Hall–Kier alpha value is -9.29. The molecule has 0 amide bonds. The molecule has 0 saturated heterocycles. The third-order valence-electron chi connectivity index (χ3n) is 15.0. The van der Waals surface area contributed by atoms with Crippen molar-refractivity contribution in [1.82, 2.24) is 57.5 Å². The third kappa shape index (κ3) is 21.9. The quantitative estimate of drug-likeness (QED) is 0.126. The Labute approximate surface area is 653 Å². The van der Waals surface area contributed by atoms with Crippen molar-refractivity contribution >= 4 is 0 Å². The Morgan fingerprint density at radius 3 is 1.20 bits per heavy atom. The van der Waals surface area contributed by atoms with Gasteiger partial charge in [-0.3, -0.25) is 29.6 Å². The molecule has 100 heavy (non-hydrogen) atoms. The maximum atomic E-state index is 4.68. The van der Waals surface area contributed by atoms with Gasteiger partial charge in [-0.05, 0) is 17.3 Å². The first-order chi connectivity index (χ1) is 46.7. The topological polar surface area (TPSA) is 107 Å². The van der Waals surface area contributed by atoms with E-state index < -0.39 is 0 Å². The van der Waals surface area contributed by atoms with Crippen molar-refractivity contribution in [2.24, 2.45) is 35.2 Å². The molecule has 0 unspecified atom stereocenters. The molecule has 6 heterocycles. The Bertz CT molecular complexity index is 4750. The fourth-order valence-corrected chi connectivity index (χ4v) is 10.2. The van der Waals surface area contributed by atoms with Gasteiger partial charge in [0, 0.05) is 203 Å². The Morgan fingerprint density at radius 2 is 0.740 bits per heavy atom. The maximum absolute atomic E-state index is 4.68. The van der Waals surface area contributed by atoms with Crippen molar-refractivity contribution in [2.75, 3.05) is 0 Å². The zero-order valence-corrected chi connectivity index (χ0v) is 67.1. The molecule has 0 aliphatic heterocycles. The third-order valence-corrected chi connectivity index (χ3v) is 15.0.